The molecule has 1 aromatic carbocycles. The maximum Gasteiger partial charge on any atom is 0.176 e. The predicted octanol–water partition coefficient (Wildman–Crippen LogP) is 3.40. The van der Waals surface area contributed by atoms with Crippen molar-refractivity contribution in [3.8, 4) is 5.75 Å². The minimum atomic E-state index is 0.0732. The van der Waals surface area contributed by atoms with E-state index in [2.05, 4.69) is 0 Å². The van der Waals surface area contributed by atoms with Crippen molar-refractivity contribution in [3.05, 3.63) is 54.0 Å². The van der Waals surface area contributed by atoms with Gasteiger partial charge in [-0.25, -0.2) is 0 Å². The molecule has 18 heavy (non-hydrogen) atoms. The molecule has 1 heterocycles. The van der Waals surface area contributed by atoms with Crippen LogP contribution in [0.15, 0.2) is 47.1 Å². The number of Topliss-reactive ketones (excluding diaryl/α,β-unsaturated/α-hetero) is 1. The number of ketones is 1. The monoisotopic (exact) mass is 262 g/mol. The molecule has 0 spiro atoms. The van der Waals surface area contributed by atoms with Gasteiger partial charge in [-0.05, 0) is 24.3 Å². The molecular weight excluding hydrogens is 248 g/mol. The lowest BCUT2D eigenvalue weighted by Crippen LogP contribution is -2.04. The van der Waals surface area contributed by atoms with E-state index in [9.17, 15) is 4.79 Å². The zero-order chi connectivity index (χ0) is 12.8. The van der Waals surface area contributed by atoms with E-state index in [4.69, 9.17) is 9.15 Å². The van der Waals surface area contributed by atoms with E-state index in [0.29, 0.717) is 22.8 Å². The van der Waals surface area contributed by atoms with Crippen LogP contribution in [0.3, 0.4) is 0 Å². The molecule has 0 fully saturated rings. The summed E-state index contributed by atoms with van der Waals surface area (Å²) >= 11 is 1.53. The third-order valence-corrected chi connectivity index (χ3v) is 3.42. The number of ether oxygens (including phenoxy) is 1. The second kappa shape index (κ2) is 6.31. The molecule has 0 unspecified atom stereocenters. The Bertz CT molecular complexity index is 506. The SMILES string of the molecule is COc1ccccc1C(=O)CSCc1ccco1. The summed E-state index contributed by atoms with van der Waals surface area (Å²) in [6.07, 6.45) is 1.64. The Morgan fingerprint density at radius 1 is 1.28 bits per heavy atom. The molecular formula is C14H14O3S. The predicted molar refractivity (Wildman–Crippen MR) is 72.2 cm³/mol. The number of thioether (sulfide) groups is 1. The van der Waals surface area contributed by atoms with Crippen molar-refractivity contribution in [2.24, 2.45) is 0 Å². The van der Waals surface area contributed by atoms with Gasteiger partial charge in [-0.3, -0.25) is 4.79 Å². The highest BCUT2D eigenvalue weighted by Gasteiger charge is 2.11. The molecule has 3 nitrogen and oxygen atoms in total. The molecule has 0 N–H and O–H groups in total. The average molecular weight is 262 g/mol. The van der Waals surface area contributed by atoms with Crippen LogP contribution in [0.2, 0.25) is 0 Å². The van der Waals surface area contributed by atoms with Crippen molar-refractivity contribution in [1.82, 2.24) is 0 Å². The van der Waals surface area contributed by atoms with Crippen molar-refractivity contribution in [1.29, 1.82) is 0 Å². The van der Waals surface area contributed by atoms with Gasteiger partial charge in [-0.2, -0.15) is 0 Å². The van der Waals surface area contributed by atoms with Gasteiger partial charge in [0.2, 0.25) is 0 Å². The van der Waals surface area contributed by atoms with Gasteiger partial charge in [0.05, 0.1) is 30.4 Å². The van der Waals surface area contributed by atoms with Gasteiger partial charge >= 0.3 is 0 Å². The molecule has 0 radical (unpaired) electrons. The number of rotatable bonds is 6. The fraction of sp³-hybridized carbons (Fsp3) is 0.214. The van der Waals surface area contributed by atoms with Gasteiger partial charge in [0, 0.05) is 0 Å². The number of hydrogen-bond donors (Lipinski definition) is 0. The molecule has 2 aromatic rings. The average Bonchev–Trinajstić information content (AvgIpc) is 2.91. The third kappa shape index (κ3) is 3.17. The van der Waals surface area contributed by atoms with E-state index in [1.165, 1.54) is 11.8 Å². The molecule has 0 aliphatic carbocycles. The van der Waals surface area contributed by atoms with Crippen molar-refractivity contribution >= 4 is 17.5 Å². The van der Waals surface area contributed by atoms with Gasteiger partial charge in [0.25, 0.3) is 0 Å². The summed E-state index contributed by atoms with van der Waals surface area (Å²) in [4.78, 5) is 12.0. The minimum absolute atomic E-state index is 0.0732. The molecule has 4 heteroatoms. The molecule has 0 atom stereocenters. The molecule has 0 saturated carbocycles. The van der Waals surface area contributed by atoms with Gasteiger partial charge in [-0.1, -0.05) is 12.1 Å². The Labute approximate surface area is 110 Å². The van der Waals surface area contributed by atoms with Crippen LogP contribution < -0.4 is 4.74 Å². The third-order valence-electron chi connectivity index (χ3n) is 2.46. The van der Waals surface area contributed by atoms with Gasteiger partial charge in [0.15, 0.2) is 5.78 Å². The first-order chi connectivity index (χ1) is 8.81. The highest BCUT2D eigenvalue weighted by molar-refractivity contribution is 7.99. The fourth-order valence-electron chi connectivity index (χ4n) is 1.59. The zero-order valence-corrected chi connectivity index (χ0v) is 10.9. The van der Waals surface area contributed by atoms with Crippen molar-refractivity contribution in [2.45, 2.75) is 5.75 Å². The Morgan fingerprint density at radius 2 is 2.11 bits per heavy atom. The number of furan rings is 1. The maximum atomic E-state index is 12.0. The van der Waals surface area contributed by atoms with Crippen molar-refractivity contribution < 1.29 is 13.9 Å². The lowest BCUT2D eigenvalue weighted by atomic mass is 10.1. The first kappa shape index (κ1) is 12.8. The summed E-state index contributed by atoms with van der Waals surface area (Å²) in [5.41, 5.74) is 0.631. The summed E-state index contributed by atoms with van der Waals surface area (Å²) < 4.78 is 10.4. The Hall–Kier alpha value is -1.68. The summed E-state index contributed by atoms with van der Waals surface area (Å²) in [6.45, 7) is 0. The summed E-state index contributed by atoms with van der Waals surface area (Å²) in [6, 6.07) is 11.0. The quantitative estimate of drug-likeness (QED) is 0.748. The van der Waals surface area contributed by atoms with E-state index >= 15 is 0 Å². The van der Waals surface area contributed by atoms with Crippen molar-refractivity contribution in [3.63, 3.8) is 0 Å². The van der Waals surface area contributed by atoms with E-state index < -0.39 is 0 Å². The normalized spacial score (nSPS) is 10.3. The summed E-state index contributed by atoms with van der Waals surface area (Å²) in [5.74, 6) is 2.70. The number of carbonyl (C=O) groups is 1. The van der Waals surface area contributed by atoms with E-state index in [0.717, 1.165) is 5.76 Å². The van der Waals surface area contributed by atoms with Crippen LogP contribution in [0, 0.1) is 0 Å². The highest BCUT2D eigenvalue weighted by Crippen LogP contribution is 2.21. The first-order valence-electron chi connectivity index (χ1n) is 5.57. The van der Waals surface area contributed by atoms with E-state index in [-0.39, 0.29) is 5.78 Å². The molecule has 0 aliphatic heterocycles. The van der Waals surface area contributed by atoms with Gasteiger partial charge in [0.1, 0.15) is 11.5 Å². The highest BCUT2D eigenvalue weighted by atomic mass is 32.2. The summed E-state index contributed by atoms with van der Waals surface area (Å²) in [5, 5.41) is 0. The number of benzene rings is 1. The lowest BCUT2D eigenvalue weighted by molar-refractivity contribution is 0.101. The van der Waals surface area contributed by atoms with E-state index in [1.807, 2.05) is 24.3 Å². The Morgan fingerprint density at radius 3 is 2.83 bits per heavy atom. The van der Waals surface area contributed by atoms with Crippen LogP contribution in [-0.4, -0.2) is 18.6 Å². The minimum Gasteiger partial charge on any atom is -0.496 e. The number of hydrogen-bond acceptors (Lipinski definition) is 4. The molecule has 2 rings (SSSR count). The van der Waals surface area contributed by atoms with Crippen LogP contribution >= 0.6 is 11.8 Å². The van der Waals surface area contributed by atoms with E-state index in [1.54, 1.807) is 25.5 Å². The Balaban J connectivity index is 1.91. The molecule has 1 aromatic heterocycles. The van der Waals surface area contributed by atoms with Crippen LogP contribution in [-0.2, 0) is 5.75 Å². The standard InChI is InChI=1S/C14H14O3S/c1-16-14-7-3-2-6-12(14)13(15)10-18-9-11-5-4-8-17-11/h2-8H,9-10H2,1H3. The first-order valence-corrected chi connectivity index (χ1v) is 6.73. The number of methoxy groups -OCH3 is 1. The zero-order valence-electron chi connectivity index (χ0n) is 10.1. The van der Waals surface area contributed by atoms with Gasteiger partial charge in [-0.15, -0.1) is 11.8 Å². The second-order valence-electron chi connectivity index (χ2n) is 3.70. The fourth-order valence-corrected chi connectivity index (χ4v) is 2.40. The lowest BCUT2D eigenvalue weighted by Gasteiger charge is -2.06. The Kier molecular flexibility index (Phi) is 4.47. The van der Waals surface area contributed by atoms with Crippen LogP contribution in [0.25, 0.3) is 0 Å². The van der Waals surface area contributed by atoms with Crippen molar-refractivity contribution in [2.75, 3.05) is 12.9 Å². The molecule has 0 saturated heterocycles. The maximum absolute atomic E-state index is 12.0. The molecule has 0 aliphatic rings. The molecule has 94 valence electrons. The van der Waals surface area contributed by atoms with Crippen LogP contribution in [0.4, 0.5) is 0 Å². The smallest absolute Gasteiger partial charge is 0.176 e. The van der Waals surface area contributed by atoms with Gasteiger partial charge < -0.3 is 9.15 Å². The topological polar surface area (TPSA) is 39.4 Å². The number of carbonyl (C=O) groups excluding carboxylic acids is 1. The second-order valence-corrected chi connectivity index (χ2v) is 4.68. The van der Waals surface area contributed by atoms with Crippen LogP contribution in [0.1, 0.15) is 16.1 Å². The molecule has 0 bridgehead atoms. The molecule has 0 amide bonds. The number of para-hydroxylation sites is 1. The van der Waals surface area contributed by atoms with Crippen LogP contribution in [0.5, 0.6) is 5.75 Å². The summed E-state index contributed by atoms with van der Waals surface area (Å²) in [7, 11) is 1.57. The largest absolute Gasteiger partial charge is 0.496 e.